The van der Waals surface area contributed by atoms with Crippen molar-refractivity contribution in [2.45, 2.75) is 33.4 Å². The molecule has 2 aromatic heterocycles. The number of nitrogens with one attached hydrogen (secondary N) is 2. The first-order valence-corrected chi connectivity index (χ1v) is 7.61. The molecule has 0 amide bonds. The number of aryl methyl sites for hydroxylation is 1. The van der Waals surface area contributed by atoms with E-state index in [0.717, 1.165) is 25.3 Å². The van der Waals surface area contributed by atoms with Crippen LogP contribution in [-0.2, 0) is 13.1 Å². The normalized spacial score (nSPS) is 10.7. The largest absolute Gasteiger partial charge is 0.369 e. The summed E-state index contributed by atoms with van der Waals surface area (Å²) in [7, 11) is 0. The Hall–Kier alpha value is -1.53. The summed E-state index contributed by atoms with van der Waals surface area (Å²) in [4.78, 5) is 4.42. The van der Waals surface area contributed by atoms with Crippen molar-refractivity contribution in [1.29, 1.82) is 0 Å². The van der Waals surface area contributed by atoms with Crippen LogP contribution in [0.4, 0.5) is 11.6 Å². The van der Waals surface area contributed by atoms with E-state index in [0.29, 0.717) is 28.2 Å². The Morgan fingerprint density at radius 1 is 1.14 bits per heavy atom. The summed E-state index contributed by atoms with van der Waals surface area (Å²) in [6.07, 6.45) is 2.69. The molecule has 0 saturated carbocycles. The highest BCUT2D eigenvalue weighted by Crippen LogP contribution is 2.29. The molecule has 2 N–H and O–H groups in total. The van der Waals surface area contributed by atoms with Gasteiger partial charge < -0.3 is 15.2 Å². The zero-order valence-electron chi connectivity index (χ0n) is 12.0. The molecule has 0 radical (unpaired) electrons. The summed E-state index contributed by atoms with van der Waals surface area (Å²) < 4.78 is 1.95. The SMILES string of the molecule is CCCNc1nc(NCc2nncn2CC)c(Cl)cc1Cl. The first kappa shape index (κ1) is 15.9. The maximum atomic E-state index is 6.17. The Morgan fingerprint density at radius 2 is 1.86 bits per heavy atom. The van der Waals surface area contributed by atoms with Crippen LogP contribution in [0.2, 0.25) is 10.0 Å². The van der Waals surface area contributed by atoms with Crippen LogP contribution < -0.4 is 10.6 Å². The molecule has 0 aromatic carbocycles. The molecule has 0 bridgehead atoms. The molecule has 0 fully saturated rings. The Kier molecular flexibility index (Phi) is 5.64. The molecule has 0 aliphatic heterocycles. The molecule has 0 aliphatic carbocycles. The van der Waals surface area contributed by atoms with Gasteiger partial charge >= 0.3 is 0 Å². The van der Waals surface area contributed by atoms with E-state index in [1.807, 2.05) is 11.5 Å². The lowest BCUT2D eigenvalue weighted by atomic mass is 10.4. The number of anilines is 2. The minimum atomic E-state index is 0.476. The van der Waals surface area contributed by atoms with Gasteiger partial charge in [0.1, 0.15) is 18.0 Å². The molecule has 8 heteroatoms. The van der Waals surface area contributed by atoms with E-state index < -0.39 is 0 Å². The predicted molar refractivity (Wildman–Crippen MR) is 86.1 cm³/mol. The highest BCUT2D eigenvalue weighted by atomic mass is 35.5. The smallest absolute Gasteiger partial charge is 0.152 e. The molecule has 0 aliphatic rings. The van der Waals surface area contributed by atoms with Gasteiger partial charge in [-0.3, -0.25) is 0 Å². The lowest BCUT2D eigenvalue weighted by Crippen LogP contribution is -2.10. The lowest BCUT2D eigenvalue weighted by molar-refractivity contribution is 0.707. The Bertz CT molecular complexity index is 598. The van der Waals surface area contributed by atoms with Gasteiger partial charge in [-0.25, -0.2) is 4.98 Å². The van der Waals surface area contributed by atoms with E-state index in [-0.39, 0.29) is 0 Å². The zero-order valence-corrected chi connectivity index (χ0v) is 13.5. The Labute approximate surface area is 133 Å². The summed E-state index contributed by atoms with van der Waals surface area (Å²) in [5, 5.41) is 15.3. The van der Waals surface area contributed by atoms with Crippen molar-refractivity contribution in [3.05, 3.63) is 28.3 Å². The van der Waals surface area contributed by atoms with Crippen LogP contribution in [0, 0.1) is 0 Å². The maximum Gasteiger partial charge on any atom is 0.152 e. The number of hydrogen-bond donors (Lipinski definition) is 2. The maximum absolute atomic E-state index is 6.17. The van der Waals surface area contributed by atoms with E-state index in [4.69, 9.17) is 23.2 Å². The molecule has 0 spiro atoms. The molecule has 0 saturated heterocycles. The number of pyridine rings is 1. The molecular formula is C13H18Cl2N6. The van der Waals surface area contributed by atoms with Crippen LogP contribution in [0.3, 0.4) is 0 Å². The van der Waals surface area contributed by atoms with Crippen LogP contribution in [-0.4, -0.2) is 26.3 Å². The van der Waals surface area contributed by atoms with Crippen LogP contribution in [0.25, 0.3) is 0 Å². The van der Waals surface area contributed by atoms with Crippen LogP contribution >= 0.6 is 23.2 Å². The average molecular weight is 329 g/mol. The topological polar surface area (TPSA) is 67.7 Å². The van der Waals surface area contributed by atoms with E-state index in [9.17, 15) is 0 Å². The van der Waals surface area contributed by atoms with Gasteiger partial charge in [-0.1, -0.05) is 30.1 Å². The van der Waals surface area contributed by atoms with Crippen molar-refractivity contribution in [2.24, 2.45) is 0 Å². The lowest BCUT2D eigenvalue weighted by Gasteiger charge is -2.12. The third kappa shape index (κ3) is 3.98. The fourth-order valence-electron chi connectivity index (χ4n) is 1.80. The zero-order chi connectivity index (χ0) is 15.2. The van der Waals surface area contributed by atoms with Gasteiger partial charge in [0.25, 0.3) is 0 Å². The average Bonchev–Trinajstić information content (AvgIpc) is 2.93. The van der Waals surface area contributed by atoms with Crippen LogP contribution in [0.5, 0.6) is 0 Å². The van der Waals surface area contributed by atoms with Gasteiger partial charge in [-0.2, -0.15) is 0 Å². The van der Waals surface area contributed by atoms with Crippen molar-refractivity contribution < 1.29 is 0 Å². The van der Waals surface area contributed by atoms with E-state index in [2.05, 4.69) is 32.7 Å². The second-order valence-corrected chi connectivity index (χ2v) is 5.28. The van der Waals surface area contributed by atoms with Crippen molar-refractivity contribution in [3.8, 4) is 0 Å². The number of hydrogen-bond acceptors (Lipinski definition) is 5. The van der Waals surface area contributed by atoms with Gasteiger partial charge in [-0.05, 0) is 19.4 Å². The van der Waals surface area contributed by atoms with Crippen molar-refractivity contribution in [2.75, 3.05) is 17.2 Å². The first-order chi connectivity index (χ1) is 10.2. The Morgan fingerprint density at radius 3 is 2.52 bits per heavy atom. The van der Waals surface area contributed by atoms with Crippen molar-refractivity contribution >= 4 is 34.8 Å². The van der Waals surface area contributed by atoms with Gasteiger partial charge in [0.05, 0.1) is 16.6 Å². The fraction of sp³-hybridized carbons (Fsp3) is 0.462. The predicted octanol–water partition coefficient (Wildman–Crippen LogP) is 3.43. The van der Waals surface area contributed by atoms with Gasteiger partial charge in [-0.15, -0.1) is 10.2 Å². The molecule has 0 atom stereocenters. The highest BCUT2D eigenvalue weighted by molar-refractivity contribution is 6.37. The summed E-state index contributed by atoms with van der Waals surface area (Å²) >= 11 is 12.3. The standard InChI is InChI=1S/C13H18Cl2N6/c1-3-5-16-12-9(14)6-10(15)13(19-12)17-7-11-20-18-8-21(11)4-2/h6,8H,3-5,7H2,1-2H3,(H2,16,17,19). The molecule has 114 valence electrons. The summed E-state index contributed by atoms with van der Waals surface area (Å²) in [6, 6.07) is 1.68. The summed E-state index contributed by atoms with van der Waals surface area (Å²) in [6.45, 7) is 6.23. The fourth-order valence-corrected chi connectivity index (χ4v) is 2.29. The quantitative estimate of drug-likeness (QED) is 0.814. The Balaban J connectivity index is 2.12. The molecule has 6 nitrogen and oxygen atoms in total. The number of rotatable bonds is 7. The number of halogens is 2. The van der Waals surface area contributed by atoms with Gasteiger partial charge in [0, 0.05) is 13.1 Å². The summed E-state index contributed by atoms with van der Waals surface area (Å²) in [5.41, 5.74) is 0. The highest BCUT2D eigenvalue weighted by Gasteiger charge is 2.10. The van der Waals surface area contributed by atoms with Crippen molar-refractivity contribution in [1.82, 2.24) is 19.7 Å². The minimum Gasteiger partial charge on any atom is -0.369 e. The van der Waals surface area contributed by atoms with E-state index in [1.165, 1.54) is 0 Å². The molecule has 2 aromatic rings. The second kappa shape index (κ2) is 7.47. The van der Waals surface area contributed by atoms with E-state index in [1.54, 1.807) is 12.4 Å². The summed E-state index contributed by atoms with van der Waals surface area (Å²) in [5.74, 6) is 2.03. The third-order valence-corrected chi connectivity index (χ3v) is 3.50. The second-order valence-electron chi connectivity index (χ2n) is 4.46. The van der Waals surface area contributed by atoms with Gasteiger partial charge in [0.2, 0.25) is 0 Å². The third-order valence-electron chi connectivity index (χ3n) is 2.92. The first-order valence-electron chi connectivity index (χ1n) is 6.86. The van der Waals surface area contributed by atoms with Gasteiger partial charge in [0.15, 0.2) is 5.82 Å². The molecule has 0 unspecified atom stereocenters. The number of nitrogens with zero attached hydrogens (tertiary/aromatic N) is 4. The van der Waals surface area contributed by atoms with Crippen LogP contribution in [0.1, 0.15) is 26.1 Å². The number of aromatic nitrogens is 4. The molecule has 2 heterocycles. The molecular weight excluding hydrogens is 311 g/mol. The molecule has 2 rings (SSSR count). The minimum absolute atomic E-state index is 0.476. The van der Waals surface area contributed by atoms with E-state index >= 15 is 0 Å². The monoisotopic (exact) mass is 328 g/mol. The van der Waals surface area contributed by atoms with Crippen LogP contribution in [0.15, 0.2) is 12.4 Å². The van der Waals surface area contributed by atoms with Crippen molar-refractivity contribution in [3.63, 3.8) is 0 Å². The molecule has 21 heavy (non-hydrogen) atoms.